The second-order valence-corrected chi connectivity index (χ2v) is 6.63. The van der Waals surface area contributed by atoms with Crippen LogP contribution in [0.3, 0.4) is 0 Å². The van der Waals surface area contributed by atoms with Crippen molar-refractivity contribution in [2.45, 2.75) is 19.4 Å². The van der Waals surface area contributed by atoms with Crippen LogP contribution >= 0.6 is 12.2 Å². The van der Waals surface area contributed by atoms with Crippen LogP contribution in [0.2, 0.25) is 0 Å². The van der Waals surface area contributed by atoms with Gasteiger partial charge >= 0.3 is 0 Å². The van der Waals surface area contributed by atoms with Crippen LogP contribution in [0.4, 0.5) is 4.39 Å². The maximum Gasteiger partial charge on any atom is 0.124 e. The Hall–Kier alpha value is -1.04. The summed E-state index contributed by atoms with van der Waals surface area (Å²) in [6.07, 6.45) is 2.41. The Morgan fingerprint density at radius 3 is 2.57 bits per heavy atom. The SMILES string of the molecule is CN(C)CC1CCN(Cc2cc(F)cc(C(N)=S)c2)CC1. The lowest BCUT2D eigenvalue weighted by molar-refractivity contribution is 0.157. The van der Waals surface area contributed by atoms with Gasteiger partial charge in [-0.15, -0.1) is 0 Å². The first-order chi connectivity index (χ1) is 9.94. The number of nitrogens with zero attached hydrogens (tertiary/aromatic N) is 2. The van der Waals surface area contributed by atoms with Crippen molar-refractivity contribution in [2.75, 3.05) is 33.7 Å². The number of benzene rings is 1. The average molecular weight is 309 g/mol. The number of nitrogens with two attached hydrogens (primary N) is 1. The molecular formula is C16H24FN3S. The first-order valence-corrected chi connectivity index (χ1v) is 7.81. The lowest BCUT2D eigenvalue weighted by Gasteiger charge is -2.33. The van der Waals surface area contributed by atoms with Gasteiger partial charge in [-0.05, 0) is 69.7 Å². The van der Waals surface area contributed by atoms with Crippen LogP contribution in [0.5, 0.6) is 0 Å². The summed E-state index contributed by atoms with van der Waals surface area (Å²) in [6, 6.07) is 4.88. The molecule has 0 radical (unpaired) electrons. The van der Waals surface area contributed by atoms with Crippen LogP contribution in [-0.2, 0) is 6.54 Å². The summed E-state index contributed by atoms with van der Waals surface area (Å²) in [5.41, 5.74) is 7.16. The molecule has 0 aromatic heterocycles. The molecule has 0 spiro atoms. The summed E-state index contributed by atoms with van der Waals surface area (Å²) >= 11 is 4.93. The number of rotatable bonds is 5. The molecule has 3 nitrogen and oxygen atoms in total. The highest BCUT2D eigenvalue weighted by Crippen LogP contribution is 2.20. The van der Waals surface area contributed by atoms with E-state index in [1.165, 1.54) is 18.9 Å². The molecule has 1 aromatic rings. The van der Waals surface area contributed by atoms with Crippen LogP contribution in [0.1, 0.15) is 24.0 Å². The summed E-state index contributed by atoms with van der Waals surface area (Å²) in [4.78, 5) is 4.88. The van der Waals surface area contributed by atoms with Gasteiger partial charge in [0.05, 0.1) is 0 Å². The van der Waals surface area contributed by atoms with Crippen molar-refractivity contribution in [1.29, 1.82) is 0 Å². The molecule has 2 N–H and O–H groups in total. The van der Waals surface area contributed by atoms with Crippen LogP contribution in [0.15, 0.2) is 18.2 Å². The van der Waals surface area contributed by atoms with Crippen LogP contribution < -0.4 is 5.73 Å². The molecule has 1 saturated heterocycles. The quantitative estimate of drug-likeness (QED) is 0.846. The first-order valence-electron chi connectivity index (χ1n) is 7.40. The third-order valence-corrected chi connectivity index (χ3v) is 4.21. The molecule has 0 amide bonds. The zero-order valence-corrected chi connectivity index (χ0v) is 13.6. The summed E-state index contributed by atoms with van der Waals surface area (Å²) in [5.74, 6) is 0.508. The van der Waals surface area contributed by atoms with Gasteiger partial charge in [-0.1, -0.05) is 12.2 Å². The van der Waals surface area contributed by atoms with E-state index in [2.05, 4.69) is 23.9 Å². The Morgan fingerprint density at radius 2 is 2.00 bits per heavy atom. The molecule has 0 unspecified atom stereocenters. The minimum atomic E-state index is -0.266. The van der Waals surface area contributed by atoms with Crippen LogP contribution in [0.25, 0.3) is 0 Å². The molecule has 1 fully saturated rings. The molecule has 1 aromatic carbocycles. The third kappa shape index (κ3) is 5.02. The van der Waals surface area contributed by atoms with Gasteiger partial charge in [0.1, 0.15) is 10.8 Å². The van der Waals surface area contributed by atoms with Crippen molar-refractivity contribution in [1.82, 2.24) is 9.80 Å². The van der Waals surface area contributed by atoms with Crippen molar-refractivity contribution in [3.05, 3.63) is 35.1 Å². The fourth-order valence-corrected chi connectivity index (χ4v) is 3.10. The van der Waals surface area contributed by atoms with E-state index in [0.29, 0.717) is 5.56 Å². The molecule has 0 atom stereocenters. The summed E-state index contributed by atoms with van der Waals surface area (Å²) < 4.78 is 13.6. The standard InChI is InChI=1S/C16H24FN3S/c1-19(2)10-12-3-5-20(6-4-12)11-13-7-14(16(18)21)9-15(17)8-13/h7-9,12H,3-6,10-11H2,1-2H3,(H2,18,21). The van der Waals surface area contributed by atoms with E-state index in [-0.39, 0.29) is 10.8 Å². The Labute approximate surface area is 131 Å². The van der Waals surface area contributed by atoms with Crippen LogP contribution in [0, 0.1) is 11.7 Å². The Morgan fingerprint density at radius 1 is 1.33 bits per heavy atom. The summed E-state index contributed by atoms with van der Waals surface area (Å²) in [5, 5.41) is 0. The second kappa shape index (κ2) is 7.29. The van der Waals surface area contributed by atoms with E-state index in [0.717, 1.165) is 37.7 Å². The summed E-state index contributed by atoms with van der Waals surface area (Å²) in [7, 11) is 4.24. The van der Waals surface area contributed by atoms with Crippen molar-refractivity contribution >= 4 is 17.2 Å². The van der Waals surface area contributed by atoms with E-state index in [9.17, 15) is 4.39 Å². The van der Waals surface area contributed by atoms with Gasteiger partial charge in [0.2, 0.25) is 0 Å². The smallest absolute Gasteiger partial charge is 0.124 e. The fraction of sp³-hybridized carbons (Fsp3) is 0.562. The Bertz CT molecular complexity index is 496. The average Bonchev–Trinajstić information content (AvgIpc) is 2.39. The van der Waals surface area contributed by atoms with Gasteiger partial charge in [-0.3, -0.25) is 4.90 Å². The predicted molar refractivity (Wildman–Crippen MR) is 88.8 cm³/mol. The Balaban J connectivity index is 1.93. The normalized spacial score (nSPS) is 17.3. The molecule has 0 saturated carbocycles. The molecule has 1 aliphatic heterocycles. The van der Waals surface area contributed by atoms with Crippen molar-refractivity contribution in [2.24, 2.45) is 11.7 Å². The fourth-order valence-electron chi connectivity index (χ4n) is 2.99. The van der Waals surface area contributed by atoms with Crippen LogP contribution in [-0.4, -0.2) is 48.5 Å². The zero-order chi connectivity index (χ0) is 15.4. The van der Waals surface area contributed by atoms with Gasteiger partial charge in [0, 0.05) is 18.7 Å². The molecule has 1 heterocycles. The molecule has 116 valence electrons. The predicted octanol–water partition coefficient (Wildman–Crippen LogP) is 2.23. The lowest BCUT2D eigenvalue weighted by atomic mass is 9.96. The van der Waals surface area contributed by atoms with E-state index in [1.54, 1.807) is 6.07 Å². The minimum absolute atomic E-state index is 0.250. The molecule has 5 heteroatoms. The number of hydrogen-bond donors (Lipinski definition) is 1. The van der Waals surface area contributed by atoms with E-state index < -0.39 is 0 Å². The van der Waals surface area contributed by atoms with Gasteiger partial charge in [0.15, 0.2) is 0 Å². The number of hydrogen-bond acceptors (Lipinski definition) is 3. The van der Waals surface area contributed by atoms with Crippen molar-refractivity contribution in [3.8, 4) is 0 Å². The summed E-state index contributed by atoms with van der Waals surface area (Å²) in [6.45, 7) is 4.05. The van der Waals surface area contributed by atoms with E-state index in [4.69, 9.17) is 18.0 Å². The number of halogens is 1. The molecule has 21 heavy (non-hydrogen) atoms. The van der Waals surface area contributed by atoms with E-state index in [1.807, 2.05) is 6.07 Å². The first kappa shape index (κ1) is 16.3. The van der Waals surface area contributed by atoms with E-state index >= 15 is 0 Å². The maximum absolute atomic E-state index is 13.6. The number of likely N-dealkylation sites (tertiary alicyclic amines) is 1. The lowest BCUT2D eigenvalue weighted by Crippen LogP contribution is -2.36. The van der Waals surface area contributed by atoms with Crippen molar-refractivity contribution < 1.29 is 4.39 Å². The number of piperidine rings is 1. The van der Waals surface area contributed by atoms with Gasteiger partial charge in [0.25, 0.3) is 0 Å². The highest BCUT2D eigenvalue weighted by molar-refractivity contribution is 7.80. The number of thiocarbonyl (C=S) groups is 1. The van der Waals surface area contributed by atoms with Gasteiger partial charge < -0.3 is 10.6 Å². The molecule has 0 bridgehead atoms. The topological polar surface area (TPSA) is 32.5 Å². The zero-order valence-electron chi connectivity index (χ0n) is 12.8. The molecule has 0 aliphatic carbocycles. The van der Waals surface area contributed by atoms with Gasteiger partial charge in [-0.25, -0.2) is 4.39 Å². The van der Waals surface area contributed by atoms with Crippen molar-refractivity contribution in [3.63, 3.8) is 0 Å². The monoisotopic (exact) mass is 309 g/mol. The maximum atomic E-state index is 13.6. The third-order valence-electron chi connectivity index (χ3n) is 3.98. The van der Waals surface area contributed by atoms with Gasteiger partial charge in [-0.2, -0.15) is 0 Å². The largest absolute Gasteiger partial charge is 0.389 e. The Kier molecular flexibility index (Phi) is 5.67. The molecule has 2 rings (SSSR count). The highest BCUT2D eigenvalue weighted by Gasteiger charge is 2.20. The molecular weight excluding hydrogens is 285 g/mol. The highest BCUT2D eigenvalue weighted by atomic mass is 32.1. The molecule has 1 aliphatic rings. The minimum Gasteiger partial charge on any atom is -0.389 e. The second-order valence-electron chi connectivity index (χ2n) is 6.19.